The molecule has 0 aliphatic heterocycles. The maximum atomic E-state index is 5.26. The van der Waals surface area contributed by atoms with E-state index in [4.69, 9.17) is 4.74 Å². The smallest absolute Gasteiger partial charge is 0.125 e. The van der Waals surface area contributed by atoms with E-state index in [1.165, 1.54) is 0 Å². The van der Waals surface area contributed by atoms with Crippen molar-refractivity contribution in [3.63, 3.8) is 0 Å². The highest BCUT2D eigenvalue weighted by atomic mass is 16.5. The lowest BCUT2D eigenvalue weighted by Crippen LogP contribution is -2.22. The number of methoxy groups -OCH3 is 1. The van der Waals surface area contributed by atoms with Crippen molar-refractivity contribution in [3.8, 4) is 5.75 Å². The Labute approximate surface area is 91.9 Å². The van der Waals surface area contributed by atoms with E-state index in [0.717, 1.165) is 30.8 Å². The van der Waals surface area contributed by atoms with E-state index in [1.807, 2.05) is 12.3 Å². The SMILES string of the molecule is COc1ccncc1CCNCC(C)C. The molecule has 0 unspecified atom stereocenters. The molecule has 0 fully saturated rings. The van der Waals surface area contributed by atoms with Gasteiger partial charge in [-0.25, -0.2) is 0 Å². The zero-order valence-electron chi connectivity index (χ0n) is 9.79. The van der Waals surface area contributed by atoms with Crippen LogP contribution in [0.2, 0.25) is 0 Å². The molecule has 0 amide bonds. The van der Waals surface area contributed by atoms with Gasteiger partial charge in [0.2, 0.25) is 0 Å². The molecule has 0 atom stereocenters. The minimum absolute atomic E-state index is 0.695. The van der Waals surface area contributed by atoms with Crippen molar-refractivity contribution in [3.05, 3.63) is 24.0 Å². The molecule has 0 aliphatic carbocycles. The van der Waals surface area contributed by atoms with Gasteiger partial charge in [0.1, 0.15) is 5.75 Å². The molecular formula is C12H20N2O. The summed E-state index contributed by atoms with van der Waals surface area (Å²) in [5.74, 6) is 1.62. The number of rotatable bonds is 6. The maximum Gasteiger partial charge on any atom is 0.125 e. The summed E-state index contributed by atoms with van der Waals surface area (Å²) in [6.45, 7) is 6.44. The van der Waals surface area contributed by atoms with Crippen molar-refractivity contribution < 1.29 is 4.74 Å². The third-order valence-corrected chi connectivity index (χ3v) is 2.20. The van der Waals surface area contributed by atoms with Gasteiger partial charge in [0.15, 0.2) is 0 Å². The molecule has 0 bridgehead atoms. The largest absolute Gasteiger partial charge is 0.496 e. The monoisotopic (exact) mass is 208 g/mol. The lowest BCUT2D eigenvalue weighted by atomic mass is 10.2. The number of pyridine rings is 1. The Bertz CT molecular complexity index is 287. The molecule has 1 aromatic rings. The third-order valence-electron chi connectivity index (χ3n) is 2.20. The Morgan fingerprint density at radius 2 is 2.27 bits per heavy atom. The highest BCUT2D eigenvalue weighted by Gasteiger charge is 2.01. The van der Waals surface area contributed by atoms with E-state index in [2.05, 4.69) is 24.1 Å². The Morgan fingerprint density at radius 3 is 2.93 bits per heavy atom. The minimum atomic E-state index is 0.695. The highest BCUT2D eigenvalue weighted by Crippen LogP contribution is 2.15. The van der Waals surface area contributed by atoms with Crippen LogP contribution in [-0.4, -0.2) is 25.2 Å². The van der Waals surface area contributed by atoms with E-state index in [-0.39, 0.29) is 0 Å². The summed E-state index contributed by atoms with van der Waals surface area (Å²) in [6.07, 6.45) is 4.59. The quantitative estimate of drug-likeness (QED) is 0.725. The molecule has 1 heterocycles. The molecule has 0 saturated heterocycles. The standard InChI is InChI=1S/C12H20N2O/c1-10(2)8-13-6-4-11-9-14-7-5-12(11)15-3/h5,7,9-10,13H,4,6,8H2,1-3H3. The Balaban J connectivity index is 2.36. The second-order valence-corrected chi connectivity index (χ2v) is 4.04. The van der Waals surface area contributed by atoms with Crippen LogP contribution < -0.4 is 10.1 Å². The van der Waals surface area contributed by atoms with Gasteiger partial charge in [-0.05, 0) is 31.5 Å². The molecule has 1 aromatic heterocycles. The van der Waals surface area contributed by atoms with Crippen LogP contribution in [0.5, 0.6) is 5.75 Å². The fourth-order valence-corrected chi connectivity index (χ4v) is 1.42. The summed E-state index contributed by atoms with van der Waals surface area (Å²) in [5.41, 5.74) is 1.16. The van der Waals surface area contributed by atoms with Crippen LogP contribution in [0.4, 0.5) is 0 Å². The topological polar surface area (TPSA) is 34.1 Å². The van der Waals surface area contributed by atoms with Gasteiger partial charge in [-0.15, -0.1) is 0 Å². The molecule has 0 saturated carbocycles. The number of aromatic nitrogens is 1. The molecule has 1 N–H and O–H groups in total. The second-order valence-electron chi connectivity index (χ2n) is 4.04. The van der Waals surface area contributed by atoms with Crippen molar-refractivity contribution in [1.82, 2.24) is 10.3 Å². The summed E-state index contributed by atoms with van der Waals surface area (Å²) in [6, 6.07) is 1.90. The average Bonchev–Trinajstić information content (AvgIpc) is 2.24. The predicted molar refractivity (Wildman–Crippen MR) is 62.2 cm³/mol. The van der Waals surface area contributed by atoms with E-state index in [0.29, 0.717) is 5.92 Å². The fraction of sp³-hybridized carbons (Fsp3) is 0.583. The first-order valence-corrected chi connectivity index (χ1v) is 5.41. The molecule has 15 heavy (non-hydrogen) atoms. The van der Waals surface area contributed by atoms with Gasteiger partial charge in [-0.2, -0.15) is 0 Å². The minimum Gasteiger partial charge on any atom is -0.496 e. The highest BCUT2D eigenvalue weighted by molar-refractivity contribution is 5.30. The van der Waals surface area contributed by atoms with Crippen LogP contribution in [0, 0.1) is 5.92 Å². The number of nitrogens with zero attached hydrogens (tertiary/aromatic N) is 1. The van der Waals surface area contributed by atoms with Crippen molar-refractivity contribution in [2.45, 2.75) is 20.3 Å². The molecule has 3 heteroatoms. The van der Waals surface area contributed by atoms with E-state index < -0.39 is 0 Å². The molecule has 0 aromatic carbocycles. The molecule has 3 nitrogen and oxygen atoms in total. The average molecular weight is 208 g/mol. The van der Waals surface area contributed by atoms with Crippen LogP contribution in [0.25, 0.3) is 0 Å². The molecule has 84 valence electrons. The van der Waals surface area contributed by atoms with E-state index in [1.54, 1.807) is 13.3 Å². The van der Waals surface area contributed by atoms with Crippen LogP contribution in [-0.2, 0) is 6.42 Å². The number of hydrogen-bond donors (Lipinski definition) is 1. The van der Waals surface area contributed by atoms with Gasteiger partial charge in [0.05, 0.1) is 7.11 Å². The number of ether oxygens (including phenoxy) is 1. The molecule has 0 spiro atoms. The van der Waals surface area contributed by atoms with Gasteiger partial charge >= 0.3 is 0 Å². The van der Waals surface area contributed by atoms with Gasteiger partial charge in [0, 0.05) is 18.0 Å². The summed E-state index contributed by atoms with van der Waals surface area (Å²) in [7, 11) is 1.69. The van der Waals surface area contributed by atoms with Gasteiger partial charge in [-0.3, -0.25) is 4.98 Å². The first kappa shape index (κ1) is 12.0. The van der Waals surface area contributed by atoms with Crippen LogP contribution >= 0.6 is 0 Å². The first-order chi connectivity index (χ1) is 7.24. The van der Waals surface area contributed by atoms with Crippen molar-refractivity contribution in [1.29, 1.82) is 0 Å². The lowest BCUT2D eigenvalue weighted by molar-refractivity contribution is 0.408. The van der Waals surface area contributed by atoms with Crippen LogP contribution in [0.15, 0.2) is 18.5 Å². The summed E-state index contributed by atoms with van der Waals surface area (Å²) < 4.78 is 5.26. The normalized spacial score (nSPS) is 10.7. The second kappa shape index (κ2) is 6.40. The van der Waals surface area contributed by atoms with Gasteiger partial charge in [-0.1, -0.05) is 13.8 Å². The number of nitrogens with one attached hydrogen (secondary N) is 1. The van der Waals surface area contributed by atoms with Crippen LogP contribution in [0.3, 0.4) is 0 Å². The van der Waals surface area contributed by atoms with E-state index in [9.17, 15) is 0 Å². The Hall–Kier alpha value is -1.09. The Kier molecular flexibility index (Phi) is 5.12. The van der Waals surface area contributed by atoms with Crippen molar-refractivity contribution in [2.24, 2.45) is 5.92 Å². The third kappa shape index (κ3) is 4.30. The molecule has 0 radical (unpaired) electrons. The summed E-state index contributed by atoms with van der Waals surface area (Å²) >= 11 is 0. The molecule has 1 rings (SSSR count). The van der Waals surface area contributed by atoms with E-state index >= 15 is 0 Å². The molecule has 0 aliphatic rings. The van der Waals surface area contributed by atoms with Crippen LogP contribution in [0.1, 0.15) is 19.4 Å². The molecular weight excluding hydrogens is 188 g/mol. The lowest BCUT2D eigenvalue weighted by Gasteiger charge is -2.09. The van der Waals surface area contributed by atoms with Gasteiger partial charge < -0.3 is 10.1 Å². The zero-order valence-corrected chi connectivity index (χ0v) is 9.79. The zero-order chi connectivity index (χ0) is 11.1. The first-order valence-electron chi connectivity index (χ1n) is 5.41. The van der Waals surface area contributed by atoms with Gasteiger partial charge in [0.25, 0.3) is 0 Å². The summed E-state index contributed by atoms with van der Waals surface area (Å²) in [5, 5.41) is 3.40. The number of hydrogen-bond acceptors (Lipinski definition) is 3. The van der Waals surface area contributed by atoms with Crippen molar-refractivity contribution >= 4 is 0 Å². The predicted octanol–water partition coefficient (Wildman–Crippen LogP) is 1.88. The summed E-state index contributed by atoms with van der Waals surface area (Å²) in [4.78, 5) is 4.10. The maximum absolute atomic E-state index is 5.26. The Morgan fingerprint density at radius 1 is 1.47 bits per heavy atom. The fourth-order valence-electron chi connectivity index (χ4n) is 1.42. The van der Waals surface area contributed by atoms with Crippen molar-refractivity contribution in [2.75, 3.05) is 20.2 Å².